The van der Waals surface area contributed by atoms with Crippen LogP contribution in [0.2, 0.25) is 0 Å². The Hall–Kier alpha value is -0.670. The highest BCUT2D eigenvalue weighted by Gasteiger charge is 2.29. The first-order valence-corrected chi connectivity index (χ1v) is 9.50. The van der Waals surface area contributed by atoms with Crippen LogP contribution in [0.4, 0.5) is 0 Å². The Morgan fingerprint density at radius 3 is 3.00 bits per heavy atom. The minimum atomic E-state index is 0.649. The fourth-order valence-electron chi connectivity index (χ4n) is 3.68. The Bertz CT molecular complexity index is 445. The predicted molar refractivity (Wildman–Crippen MR) is 91.5 cm³/mol. The van der Waals surface area contributed by atoms with Gasteiger partial charge in [-0.15, -0.1) is 0 Å². The van der Waals surface area contributed by atoms with Gasteiger partial charge < -0.3 is 10.1 Å². The zero-order chi connectivity index (χ0) is 14.5. The van der Waals surface area contributed by atoms with Crippen molar-refractivity contribution in [2.45, 2.75) is 56.2 Å². The summed E-state index contributed by atoms with van der Waals surface area (Å²) < 4.78 is 5.82. The van der Waals surface area contributed by atoms with Gasteiger partial charge in [0.05, 0.1) is 6.61 Å². The molecular formula is C18H27NOS. The fourth-order valence-corrected chi connectivity index (χ4v) is 5.13. The number of ether oxygens (including phenoxy) is 1. The van der Waals surface area contributed by atoms with Crippen molar-refractivity contribution in [3.05, 3.63) is 29.8 Å². The molecule has 1 saturated heterocycles. The van der Waals surface area contributed by atoms with Gasteiger partial charge in [0.2, 0.25) is 0 Å². The molecule has 1 aromatic carbocycles. The second-order valence-corrected chi connectivity index (χ2v) is 7.52. The first kappa shape index (κ1) is 15.2. The summed E-state index contributed by atoms with van der Waals surface area (Å²) in [6.45, 7) is 4.18. The highest BCUT2D eigenvalue weighted by Crippen LogP contribution is 2.38. The van der Waals surface area contributed by atoms with Crippen LogP contribution >= 0.6 is 11.8 Å². The fraction of sp³-hybridized carbons (Fsp3) is 0.667. The van der Waals surface area contributed by atoms with Gasteiger partial charge in [-0.2, -0.15) is 11.8 Å². The number of fused-ring (bicyclic) bond motifs is 1. The third-order valence-electron chi connectivity index (χ3n) is 4.75. The van der Waals surface area contributed by atoms with E-state index in [9.17, 15) is 0 Å². The molecule has 3 atom stereocenters. The summed E-state index contributed by atoms with van der Waals surface area (Å²) in [4.78, 5) is 0. The van der Waals surface area contributed by atoms with Crippen LogP contribution in [0.5, 0.6) is 5.75 Å². The van der Waals surface area contributed by atoms with Gasteiger partial charge in [0.25, 0.3) is 0 Å². The number of thioether (sulfide) groups is 1. The van der Waals surface area contributed by atoms with Crippen LogP contribution in [-0.4, -0.2) is 30.2 Å². The van der Waals surface area contributed by atoms with E-state index in [1.165, 1.54) is 37.0 Å². The molecule has 21 heavy (non-hydrogen) atoms. The molecule has 3 heteroatoms. The third kappa shape index (κ3) is 3.75. The van der Waals surface area contributed by atoms with Crippen LogP contribution in [0.15, 0.2) is 24.3 Å². The van der Waals surface area contributed by atoms with Crippen molar-refractivity contribution in [2.24, 2.45) is 0 Å². The van der Waals surface area contributed by atoms with E-state index in [1.54, 1.807) is 0 Å². The summed E-state index contributed by atoms with van der Waals surface area (Å²) >= 11 is 2.19. The molecule has 0 aliphatic carbocycles. The maximum absolute atomic E-state index is 5.82. The summed E-state index contributed by atoms with van der Waals surface area (Å²) in [5, 5.41) is 4.57. The van der Waals surface area contributed by atoms with E-state index in [-0.39, 0.29) is 0 Å². The average molecular weight is 305 g/mol. The summed E-state index contributed by atoms with van der Waals surface area (Å²) in [5.41, 5.74) is 1.42. The quantitative estimate of drug-likeness (QED) is 0.880. The second kappa shape index (κ2) is 7.55. The van der Waals surface area contributed by atoms with Crippen LogP contribution in [0.1, 0.15) is 50.5 Å². The van der Waals surface area contributed by atoms with E-state index >= 15 is 0 Å². The van der Waals surface area contributed by atoms with Crippen LogP contribution < -0.4 is 10.1 Å². The maximum Gasteiger partial charge on any atom is 0.122 e. The molecule has 0 radical (unpaired) electrons. The van der Waals surface area contributed by atoms with E-state index in [2.05, 4.69) is 48.3 Å². The van der Waals surface area contributed by atoms with Crippen molar-refractivity contribution >= 4 is 11.8 Å². The molecule has 1 aromatic rings. The zero-order valence-corrected chi connectivity index (χ0v) is 13.8. The molecule has 1 N–H and O–H groups in total. The molecule has 2 aliphatic rings. The molecule has 0 bridgehead atoms. The molecule has 0 spiro atoms. The molecule has 3 rings (SSSR count). The standard InChI is InChI=1S/C18H27NOS/c1-2-19-16(18-9-5-6-12-21-18)13-14-10-11-20-17-8-4-3-7-15(14)17/h3-4,7-8,14,16,18-19H,2,5-6,9-13H2,1H3. The van der Waals surface area contributed by atoms with Crippen molar-refractivity contribution in [2.75, 3.05) is 18.9 Å². The third-order valence-corrected chi connectivity index (χ3v) is 6.27. The minimum absolute atomic E-state index is 0.649. The Kier molecular flexibility index (Phi) is 5.48. The molecule has 3 unspecified atom stereocenters. The van der Waals surface area contributed by atoms with E-state index in [4.69, 9.17) is 4.74 Å². The van der Waals surface area contributed by atoms with Gasteiger partial charge in [-0.3, -0.25) is 0 Å². The first-order chi connectivity index (χ1) is 10.4. The molecule has 1 fully saturated rings. The SMILES string of the molecule is CCNC(CC1CCOc2ccccc21)C1CCCCS1. The zero-order valence-electron chi connectivity index (χ0n) is 13.0. The predicted octanol–water partition coefficient (Wildman–Crippen LogP) is 4.21. The van der Waals surface area contributed by atoms with Crippen LogP contribution in [-0.2, 0) is 0 Å². The van der Waals surface area contributed by atoms with E-state index in [0.717, 1.165) is 30.6 Å². The normalized spacial score (nSPS) is 26.7. The summed E-state index contributed by atoms with van der Waals surface area (Å²) in [6, 6.07) is 9.27. The lowest BCUT2D eigenvalue weighted by Gasteiger charge is -2.35. The number of para-hydroxylation sites is 1. The summed E-state index contributed by atoms with van der Waals surface area (Å²) in [5.74, 6) is 3.11. The van der Waals surface area contributed by atoms with Crippen LogP contribution in [0.3, 0.4) is 0 Å². The summed E-state index contributed by atoms with van der Waals surface area (Å²) in [6.07, 6.45) is 6.61. The Morgan fingerprint density at radius 1 is 1.29 bits per heavy atom. The van der Waals surface area contributed by atoms with Crippen molar-refractivity contribution in [1.29, 1.82) is 0 Å². The van der Waals surface area contributed by atoms with Crippen LogP contribution in [0, 0.1) is 0 Å². The molecular weight excluding hydrogens is 278 g/mol. The van der Waals surface area contributed by atoms with E-state index < -0.39 is 0 Å². The van der Waals surface area contributed by atoms with Gasteiger partial charge in [-0.05, 0) is 55.5 Å². The van der Waals surface area contributed by atoms with Crippen molar-refractivity contribution in [3.63, 3.8) is 0 Å². The van der Waals surface area contributed by atoms with Gasteiger partial charge in [-0.1, -0.05) is 31.5 Å². The van der Waals surface area contributed by atoms with E-state index in [0.29, 0.717) is 12.0 Å². The highest BCUT2D eigenvalue weighted by atomic mass is 32.2. The Balaban J connectivity index is 1.71. The first-order valence-electron chi connectivity index (χ1n) is 8.45. The average Bonchev–Trinajstić information content (AvgIpc) is 2.55. The molecule has 2 aliphatic heterocycles. The monoisotopic (exact) mass is 305 g/mol. The highest BCUT2D eigenvalue weighted by molar-refractivity contribution is 8.00. The number of benzene rings is 1. The van der Waals surface area contributed by atoms with Gasteiger partial charge in [0.1, 0.15) is 5.75 Å². The van der Waals surface area contributed by atoms with Crippen molar-refractivity contribution in [1.82, 2.24) is 5.32 Å². The number of nitrogens with one attached hydrogen (secondary N) is 1. The second-order valence-electron chi connectivity index (χ2n) is 6.18. The maximum atomic E-state index is 5.82. The summed E-state index contributed by atoms with van der Waals surface area (Å²) in [7, 11) is 0. The molecule has 0 aromatic heterocycles. The molecule has 0 saturated carbocycles. The van der Waals surface area contributed by atoms with Gasteiger partial charge >= 0.3 is 0 Å². The number of rotatable bonds is 5. The van der Waals surface area contributed by atoms with Crippen molar-refractivity contribution in [3.8, 4) is 5.75 Å². The minimum Gasteiger partial charge on any atom is -0.493 e. The largest absolute Gasteiger partial charge is 0.493 e. The molecule has 2 nitrogen and oxygen atoms in total. The smallest absolute Gasteiger partial charge is 0.122 e. The lowest BCUT2D eigenvalue weighted by molar-refractivity contribution is 0.253. The number of hydrogen-bond acceptors (Lipinski definition) is 3. The van der Waals surface area contributed by atoms with Gasteiger partial charge in [0.15, 0.2) is 0 Å². The Morgan fingerprint density at radius 2 is 2.19 bits per heavy atom. The van der Waals surface area contributed by atoms with Gasteiger partial charge in [0, 0.05) is 11.3 Å². The van der Waals surface area contributed by atoms with Crippen LogP contribution in [0.25, 0.3) is 0 Å². The molecule has 0 amide bonds. The van der Waals surface area contributed by atoms with Gasteiger partial charge in [-0.25, -0.2) is 0 Å². The molecule has 116 valence electrons. The molecule has 2 heterocycles. The lowest BCUT2D eigenvalue weighted by Crippen LogP contribution is -2.41. The van der Waals surface area contributed by atoms with Crippen molar-refractivity contribution < 1.29 is 4.74 Å². The topological polar surface area (TPSA) is 21.3 Å². The number of hydrogen-bond donors (Lipinski definition) is 1. The Labute approximate surface area is 133 Å². The lowest BCUT2D eigenvalue weighted by atomic mass is 9.86. The van der Waals surface area contributed by atoms with E-state index in [1.807, 2.05) is 0 Å².